The summed E-state index contributed by atoms with van der Waals surface area (Å²) in [4.78, 5) is 15.3. The molecule has 2 aromatic rings. The molecule has 0 bridgehead atoms. The molecule has 1 aromatic heterocycles. The Morgan fingerprint density at radius 2 is 2.00 bits per heavy atom. The van der Waals surface area contributed by atoms with Crippen LogP contribution in [0.25, 0.3) is 5.69 Å². The SMILES string of the molecule is CCN(C[C@@H]1CCCO1)C(=O)c1nn(-c2ccc(Cl)cc2)c2c1CCCCC2. The summed E-state index contributed by atoms with van der Waals surface area (Å²) in [6.45, 7) is 4.15. The molecule has 1 aliphatic heterocycles. The predicted octanol–water partition coefficient (Wildman–Crippen LogP) is 4.44. The van der Waals surface area contributed by atoms with Gasteiger partial charge in [-0.3, -0.25) is 4.79 Å². The van der Waals surface area contributed by atoms with E-state index in [0.29, 0.717) is 23.8 Å². The lowest BCUT2D eigenvalue weighted by atomic mass is 10.1. The third kappa shape index (κ3) is 3.96. The third-order valence-electron chi connectivity index (χ3n) is 5.82. The minimum atomic E-state index is 0.0314. The second-order valence-electron chi connectivity index (χ2n) is 7.70. The maximum absolute atomic E-state index is 13.4. The van der Waals surface area contributed by atoms with Gasteiger partial charge in [-0.1, -0.05) is 18.0 Å². The van der Waals surface area contributed by atoms with Crippen LogP contribution in [-0.2, 0) is 17.6 Å². The molecule has 1 amide bonds. The van der Waals surface area contributed by atoms with Crippen molar-refractivity contribution in [2.75, 3.05) is 19.7 Å². The van der Waals surface area contributed by atoms with Crippen molar-refractivity contribution in [3.63, 3.8) is 0 Å². The molecule has 1 fully saturated rings. The second kappa shape index (κ2) is 8.66. The summed E-state index contributed by atoms with van der Waals surface area (Å²) in [5.41, 5.74) is 3.88. The van der Waals surface area contributed by atoms with Gasteiger partial charge in [0, 0.05) is 36.0 Å². The number of carbonyl (C=O) groups excluding carboxylic acids is 1. The van der Waals surface area contributed by atoms with Crippen molar-refractivity contribution in [1.82, 2.24) is 14.7 Å². The lowest BCUT2D eigenvalue weighted by Gasteiger charge is -2.23. The molecule has 4 rings (SSSR count). The van der Waals surface area contributed by atoms with E-state index >= 15 is 0 Å². The number of rotatable bonds is 5. The van der Waals surface area contributed by atoms with E-state index in [2.05, 4.69) is 0 Å². The number of halogens is 1. The van der Waals surface area contributed by atoms with Crippen LogP contribution in [0.15, 0.2) is 24.3 Å². The Morgan fingerprint density at radius 1 is 1.21 bits per heavy atom. The van der Waals surface area contributed by atoms with Crippen LogP contribution in [0.1, 0.15) is 60.8 Å². The molecule has 0 radical (unpaired) electrons. The Bertz CT molecular complexity index is 825. The molecular weight excluding hydrogens is 374 g/mol. The van der Waals surface area contributed by atoms with E-state index in [-0.39, 0.29) is 12.0 Å². The van der Waals surface area contributed by atoms with E-state index in [1.54, 1.807) is 0 Å². The summed E-state index contributed by atoms with van der Waals surface area (Å²) in [5.74, 6) is 0.0314. The van der Waals surface area contributed by atoms with Crippen molar-refractivity contribution in [3.8, 4) is 5.69 Å². The van der Waals surface area contributed by atoms with E-state index in [4.69, 9.17) is 21.4 Å². The first-order valence-corrected chi connectivity index (χ1v) is 10.8. The molecule has 28 heavy (non-hydrogen) atoms. The van der Waals surface area contributed by atoms with Crippen molar-refractivity contribution in [2.45, 2.75) is 58.0 Å². The van der Waals surface area contributed by atoms with Gasteiger partial charge in [0.1, 0.15) is 0 Å². The highest BCUT2D eigenvalue weighted by Crippen LogP contribution is 2.28. The van der Waals surface area contributed by atoms with E-state index in [1.165, 1.54) is 12.1 Å². The van der Waals surface area contributed by atoms with Crippen LogP contribution < -0.4 is 0 Å². The van der Waals surface area contributed by atoms with Crippen molar-refractivity contribution in [3.05, 3.63) is 46.2 Å². The van der Waals surface area contributed by atoms with E-state index < -0.39 is 0 Å². The van der Waals surface area contributed by atoms with E-state index in [0.717, 1.165) is 56.4 Å². The Balaban J connectivity index is 1.69. The van der Waals surface area contributed by atoms with Crippen LogP contribution in [0.5, 0.6) is 0 Å². The normalized spacial score (nSPS) is 19.3. The number of hydrogen-bond acceptors (Lipinski definition) is 3. The van der Waals surface area contributed by atoms with Crippen LogP contribution >= 0.6 is 11.6 Å². The lowest BCUT2D eigenvalue weighted by Crippen LogP contribution is -2.37. The molecule has 2 aliphatic rings. The van der Waals surface area contributed by atoms with Crippen molar-refractivity contribution in [2.24, 2.45) is 0 Å². The number of ether oxygens (including phenoxy) is 1. The molecule has 1 atom stereocenters. The molecule has 0 saturated carbocycles. The monoisotopic (exact) mass is 401 g/mol. The smallest absolute Gasteiger partial charge is 0.274 e. The molecule has 6 heteroatoms. The van der Waals surface area contributed by atoms with Crippen molar-refractivity contribution in [1.29, 1.82) is 0 Å². The fraction of sp³-hybridized carbons (Fsp3) is 0.545. The number of aromatic nitrogens is 2. The van der Waals surface area contributed by atoms with Gasteiger partial charge in [-0.25, -0.2) is 4.68 Å². The van der Waals surface area contributed by atoms with E-state index in [1.807, 2.05) is 40.8 Å². The zero-order chi connectivity index (χ0) is 19.5. The molecule has 0 spiro atoms. The zero-order valence-corrected chi connectivity index (χ0v) is 17.2. The van der Waals surface area contributed by atoms with Crippen LogP contribution in [0, 0.1) is 0 Å². The summed E-state index contributed by atoms with van der Waals surface area (Å²) >= 11 is 6.06. The molecule has 1 aliphatic carbocycles. The molecule has 5 nitrogen and oxygen atoms in total. The largest absolute Gasteiger partial charge is 0.376 e. The number of amides is 1. The average Bonchev–Trinajstić information content (AvgIpc) is 3.28. The third-order valence-corrected chi connectivity index (χ3v) is 6.07. The number of carbonyl (C=O) groups is 1. The Labute approximate surface area is 171 Å². The summed E-state index contributed by atoms with van der Waals surface area (Å²) < 4.78 is 7.72. The number of nitrogens with zero attached hydrogens (tertiary/aromatic N) is 3. The van der Waals surface area contributed by atoms with Gasteiger partial charge in [0.05, 0.1) is 11.8 Å². The lowest BCUT2D eigenvalue weighted by molar-refractivity contribution is 0.0533. The fourth-order valence-corrected chi connectivity index (χ4v) is 4.41. The number of benzene rings is 1. The van der Waals surface area contributed by atoms with Crippen LogP contribution in [0.2, 0.25) is 5.02 Å². The minimum Gasteiger partial charge on any atom is -0.376 e. The quantitative estimate of drug-likeness (QED) is 0.696. The predicted molar refractivity (Wildman–Crippen MR) is 110 cm³/mol. The van der Waals surface area contributed by atoms with Gasteiger partial charge in [-0.05, 0) is 69.7 Å². The summed E-state index contributed by atoms with van der Waals surface area (Å²) in [6, 6.07) is 7.69. The highest BCUT2D eigenvalue weighted by atomic mass is 35.5. The zero-order valence-electron chi connectivity index (χ0n) is 16.5. The highest BCUT2D eigenvalue weighted by molar-refractivity contribution is 6.30. The first kappa shape index (κ1) is 19.5. The van der Waals surface area contributed by atoms with E-state index in [9.17, 15) is 4.79 Å². The standard InChI is InChI=1S/C22H28ClN3O2/c1-2-25(15-18-7-6-14-28-18)22(27)21-19-8-4-3-5-9-20(19)26(24-21)17-12-10-16(23)11-13-17/h10-13,18H,2-9,14-15H2,1H3/t18-/m0/s1. The Morgan fingerprint density at radius 3 is 2.71 bits per heavy atom. The first-order valence-electron chi connectivity index (χ1n) is 10.4. The summed E-state index contributed by atoms with van der Waals surface area (Å²) in [5, 5.41) is 5.52. The minimum absolute atomic E-state index is 0.0314. The van der Waals surface area contributed by atoms with Crippen LogP contribution in [0.4, 0.5) is 0 Å². The van der Waals surface area contributed by atoms with Gasteiger partial charge >= 0.3 is 0 Å². The van der Waals surface area contributed by atoms with Gasteiger partial charge in [0.15, 0.2) is 5.69 Å². The Kier molecular flexibility index (Phi) is 6.02. The van der Waals surface area contributed by atoms with Crippen LogP contribution in [0.3, 0.4) is 0 Å². The van der Waals surface area contributed by atoms with Crippen molar-refractivity contribution >= 4 is 17.5 Å². The second-order valence-corrected chi connectivity index (χ2v) is 8.14. The average molecular weight is 402 g/mol. The van der Waals surface area contributed by atoms with Crippen LogP contribution in [-0.4, -0.2) is 46.4 Å². The maximum Gasteiger partial charge on any atom is 0.274 e. The van der Waals surface area contributed by atoms with Gasteiger partial charge < -0.3 is 9.64 Å². The number of likely N-dealkylation sites (N-methyl/N-ethyl adjacent to an activating group) is 1. The first-order chi connectivity index (χ1) is 13.7. The fourth-order valence-electron chi connectivity index (χ4n) is 4.28. The molecule has 0 unspecified atom stereocenters. The summed E-state index contributed by atoms with van der Waals surface area (Å²) in [6.07, 6.45) is 7.57. The molecule has 0 N–H and O–H groups in total. The number of hydrogen-bond donors (Lipinski definition) is 0. The van der Waals surface area contributed by atoms with Gasteiger partial charge in [-0.2, -0.15) is 5.10 Å². The highest BCUT2D eigenvalue weighted by Gasteiger charge is 2.29. The van der Waals surface area contributed by atoms with Crippen molar-refractivity contribution < 1.29 is 9.53 Å². The molecule has 2 heterocycles. The molecule has 150 valence electrons. The van der Waals surface area contributed by atoms with Gasteiger partial charge in [0.2, 0.25) is 0 Å². The maximum atomic E-state index is 13.4. The number of fused-ring (bicyclic) bond motifs is 1. The topological polar surface area (TPSA) is 47.4 Å². The van der Waals surface area contributed by atoms with Gasteiger partial charge in [-0.15, -0.1) is 0 Å². The Hall–Kier alpha value is -1.85. The molecular formula is C22H28ClN3O2. The van der Waals surface area contributed by atoms with Gasteiger partial charge in [0.25, 0.3) is 5.91 Å². The molecule has 1 saturated heterocycles. The summed E-state index contributed by atoms with van der Waals surface area (Å²) in [7, 11) is 0. The molecule has 1 aromatic carbocycles.